The second kappa shape index (κ2) is 4.74. The highest BCUT2D eigenvalue weighted by Crippen LogP contribution is 2.15. The van der Waals surface area contributed by atoms with Crippen molar-refractivity contribution in [1.29, 1.82) is 0 Å². The molecule has 0 spiro atoms. The van der Waals surface area contributed by atoms with Gasteiger partial charge < -0.3 is 11.1 Å². The smallest absolute Gasteiger partial charge is 0.276 e. The number of hydrogen-bond donors (Lipinski definition) is 2. The van der Waals surface area contributed by atoms with Crippen LogP contribution in [-0.2, 0) is 7.05 Å². The highest BCUT2D eigenvalue weighted by molar-refractivity contribution is 14.1. The number of anilines is 2. The third-order valence-electron chi connectivity index (χ3n) is 2.28. The summed E-state index contributed by atoms with van der Waals surface area (Å²) in [6.45, 7) is 0. The van der Waals surface area contributed by atoms with E-state index in [0.717, 1.165) is 9.26 Å². The van der Waals surface area contributed by atoms with Crippen molar-refractivity contribution in [2.24, 2.45) is 7.05 Å². The van der Waals surface area contributed by atoms with Crippen molar-refractivity contribution in [3.05, 3.63) is 39.7 Å². The van der Waals surface area contributed by atoms with E-state index in [9.17, 15) is 4.79 Å². The fraction of sp³-hybridized carbons (Fsp3) is 0.0909. The van der Waals surface area contributed by atoms with E-state index in [2.05, 4.69) is 33.0 Å². The lowest BCUT2D eigenvalue weighted by Crippen LogP contribution is -2.17. The van der Waals surface area contributed by atoms with Gasteiger partial charge in [-0.05, 0) is 46.9 Å². The molecule has 0 radical (unpaired) electrons. The zero-order chi connectivity index (χ0) is 12.4. The number of carbonyl (C=O) groups excluding carboxylic acids is 1. The van der Waals surface area contributed by atoms with Crippen molar-refractivity contribution in [2.75, 3.05) is 11.1 Å². The summed E-state index contributed by atoms with van der Waals surface area (Å²) in [5.41, 5.74) is 7.14. The van der Waals surface area contributed by atoms with Crippen molar-refractivity contribution in [1.82, 2.24) is 9.78 Å². The summed E-state index contributed by atoms with van der Waals surface area (Å²) in [5, 5.41) is 6.69. The summed E-state index contributed by atoms with van der Waals surface area (Å²) in [7, 11) is 1.68. The Morgan fingerprint density at radius 2 is 2.06 bits per heavy atom. The number of carbonyl (C=O) groups is 1. The molecule has 0 saturated heterocycles. The first-order chi connectivity index (χ1) is 8.08. The molecular formula is C11H11IN4O. The van der Waals surface area contributed by atoms with Gasteiger partial charge >= 0.3 is 0 Å². The molecule has 1 aromatic carbocycles. The molecule has 0 unspecified atom stereocenters. The fourth-order valence-electron chi connectivity index (χ4n) is 1.46. The summed E-state index contributed by atoms with van der Waals surface area (Å²) >= 11 is 2.20. The van der Waals surface area contributed by atoms with E-state index in [4.69, 9.17) is 5.73 Å². The van der Waals surface area contributed by atoms with Gasteiger partial charge in [0, 0.05) is 16.3 Å². The molecule has 0 aliphatic rings. The zero-order valence-corrected chi connectivity index (χ0v) is 11.3. The van der Waals surface area contributed by atoms with Crippen molar-refractivity contribution < 1.29 is 4.79 Å². The van der Waals surface area contributed by atoms with Crippen molar-refractivity contribution in [3.8, 4) is 0 Å². The van der Waals surface area contributed by atoms with Gasteiger partial charge in [0.15, 0.2) is 0 Å². The average Bonchev–Trinajstić information content (AvgIpc) is 2.62. The molecule has 1 amide bonds. The molecule has 88 valence electrons. The van der Waals surface area contributed by atoms with Crippen LogP contribution in [0.25, 0.3) is 0 Å². The van der Waals surface area contributed by atoms with Crippen LogP contribution in [0.1, 0.15) is 10.5 Å². The first-order valence-corrected chi connectivity index (χ1v) is 6.00. The number of amides is 1. The van der Waals surface area contributed by atoms with E-state index in [0.29, 0.717) is 11.4 Å². The van der Waals surface area contributed by atoms with Crippen LogP contribution in [0.15, 0.2) is 30.5 Å². The van der Waals surface area contributed by atoms with Crippen LogP contribution in [0.4, 0.5) is 11.4 Å². The van der Waals surface area contributed by atoms with E-state index in [1.54, 1.807) is 7.05 Å². The molecule has 0 aliphatic carbocycles. The molecule has 0 atom stereocenters. The predicted molar refractivity (Wildman–Crippen MR) is 74.7 cm³/mol. The number of nitrogen functional groups attached to an aromatic ring is 1. The third kappa shape index (κ3) is 2.57. The number of hydrogen-bond acceptors (Lipinski definition) is 3. The highest BCUT2D eigenvalue weighted by atomic mass is 127. The van der Waals surface area contributed by atoms with Gasteiger partial charge in [0.2, 0.25) is 0 Å². The quantitative estimate of drug-likeness (QED) is 0.819. The molecule has 0 fully saturated rings. The Balaban J connectivity index is 2.20. The number of benzene rings is 1. The molecule has 3 N–H and O–H groups in total. The minimum absolute atomic E-state index is 0.260. The molecule has 0 bridgehead atoms. The van der Waals surface area contributed by atoms with Crippen molar-refractivity contribution in [3.63, 3.8) is 0 Å². The SMILES string of the molecule is Cn1ncc(N)c1C(=O)Nc1ccc(I)cc1. The van der Waals surface area contributed by atoms with Gasteiger partial charge in [0.25, 0.3) is 5.91 Å². The number of nitrogens with zero attached hydrogens (tertiary/aromatic N) is 2. The molecule has 1 aromatic heterocycles. The Labute approximate surface area is 112 Å². The van der Waals surface area contributed by atoms with Crippen LogP contribution in [0.2, 0.25) is 0 Å². The minimum Gasteiger partial charge on any atom is -0.396 e. The van der Waals surface area contributed by atoms with Gasteiger partial charge in [-0.15, -0.1) is 0 Å². The van der Waals surface area contributed by atoms with E-state index in [-0.39, 0.29) is 5.91 Å². The van der Waals surface area contributed by atoms with Crippen LogP contribution >= 0.6 is 22.6 Å². The number of nitrogens with two attached hydrogens (primary N) is 1. The van der Waals surface area contributed by atoms with Gasteiger partial charge in [-0.2, -0.15) is 5.10 Å². The number of halogens is 1. The molecule has 5 nitrogen and oxygen atoms in total. The molecule has 0 saturated carbocycles. The lowest BCUT2D eigenvalue weighted by atomic mass is 10.3. The molecule has 2 rings (SSSR count). The van der Waals surface area contributed by atoms with Crippen molar-refractivity contribution in [2.45, 2.75) is 0 Å². The maximum atomic E-state index is 11.9. The standard InChI is InChI=1S/C11H11IN4O/c1-16-10(9(13)6-14-16)11(17)15-8-4-2-7(12)3-5-8/h2-6H,13H2,1H3,(H,15,17). The zero-order valence-electron chi connectivity index (χ0n) is 9.14. The summed E-state index contributed by atoms with van der Waals surface area (Å²) in [6.07, 6.45) is 1.46. The maximum absolute atomic E-state index is 11.9. The summed E-state index contributed by atoms with van der Waals surface area (Å²) in [4.78, 5) is 11.9. The lowest BCUT2D eigenvalue weighted by molar-refractivity contribution is 0.101. The first kappa shape index (κ1) is 11.9. The van der Waals surface area contributed by atoms with Crippen LogP contribution in [-0.4, -0.2) is 15.7 Å². The largest absolute Gasteiger partial charge is 0.396 e. The third-order valence-corrected chi connectivity index (χ3v) is 3.00. The Morgan fingerprint density at radius 1 is 1.41 bits per heavy atom. The summed E-state index contributed by atoms with van der Waals surface area (Å²) in [6, 6.07) is 7.52. The van der Waals surface area contributed by atoms with Gasteiger partial charge in [-0.25, -0.2) is 0 Å². The van der Waals surface area contributed by atoms with Crippen LogP contribution in [0.5, 0.6) is 0 Å². The van der Waals surface area contributed by atoms with Crippen LogP contribution in [0.3, 0.4) is 0 Å². The van der Waals surface area contributed by atoms with Gasteiger partial charge in [0.1, 0.15) is 5.69 Å². The van der Waals surface area contributed by atoms with E-state index in [1.165, 1.54) is 10.9 Å². The first-order valence-electron chi connectivity index (χ1n) is 4.92. The minimum atomic E-state index is -0.260. The second-order valence-corrected chi connectivity index (χ2v) is 4.78. The maximum Gasteiger partial charge on any atom is 0.276 e. The molecular weight excluding hydrogens is 331 g/mol. The summed E-state index contributed by atoms with van der Waals surface area (Å²) in [5.74, 6) is -0.260. The predicted octanol–water partition coefficient (Wildman–Crippen LogP) is 1.86. The van der Waals surface area contributed by atoms with Gasteiger partial charge in [0.05, 0.1) is 11.9 Å². The second-order valence-electron chi connectivity index (χ2n) is 3.53. The summed E-state index contributed by atoms with van der Waals surface area (Å²) < 4.78 is 2.57. The molecule has 2 aromatic rings. The lowest BCUT2D eigenvalue weighted by Gasteiger charge is -2.06. The van der Waals surface area contributed by atoms with E-state index in [1.807, 2.05) is 24.3 Å². The molecule has 1 heterocycles. The Hall–Kier alpha value is -1.57. The topological polar surface area (TPSA) is 72.9 Å². The fourth-order valence-corrected chi connectivity index (χ4v) is 1.82. The Kier molecular flexibility index (Phi) is 3.32. The van der Waals surface area contributed by atoms with Crippen LogP contribution < -0.4 is 11.1 Å². The van der Waals surface area contributed by atoms with Gasteiger partial charge in [-0.1, -0.05) is 0 Å². The number of aryl methyl sites for hydroxylation is 1. The number of aromatic nitrogens is 2. The van der Waals surface area contributed by atoms with E-state index < -0.39 is 0 Å². The molecule has 6 heteroatoms. The normalized spacial score (nSPS) is 10.2. The van der Waals surface area contributed by atoms with Gasteiger partial charge in [-0.3, -0.25) is 9.48 Å². The van der Waals surface area contributed by atoms with E-state index >= 15 is 0 Å². The molecule has 17 heavy (non-hydrogen) atoms. The van der Waals surface area contributed by atoms with Crippen molar-refractivity contribution >= 4 is 39.9 Å². The molecule has 0 aliphatic heterocycles. The monoisotopic (exact) mass is 342 g/mol. The Bertz CT molecular complexity index is 528. The number of rotatable bonds is 2. The Morgan fingerprint density at radius 3 is 2.59 bits per heavy atom. The highest BCUT2D eigenvalue weighted by Gasteiger charge is 2.14. The number of nitrogens with one attached hydrogen (secondary N) is 1. The van der Waals surface area contributed by atoms with Crippen LogP contribution in [0, 0.1) is 3.57 Å². The average molecular weight is 342 g/mol.